The molecule has 3 atom stereocenters. The van der Waals surface area contributed by atoms with Crippen molar-refractivity contribution in [1.29, 1.82) is 0 Å². The first-order valence-electron chi connectivity index (χ1n) is 15.4. The molecule has 2 N–H and O–H groups in total. The standard InChI is InChI=1S/C28H37N9O8S3/c1-16(44-28(42)45-19-7-5-4-6-8-19)43-25(41)22-17(13-48-27-32-33-34-36(27)10-9-35(2)3)12-46-24-21(23(40)37(22)24)31-20(39)11-18-14-47-26(30-18)29-15-38/h14-16,19,21,24H,4-13H2,1-3H3,(H,31,39)(H,29,30,38)/t16?,21-,24-/m1/s1. The number of fused-ring (bicyclic) bond motifs is 1. The number of ether oxygens (including phenoxy) is 3. The third kappa shape index (κ3) is 9.03. The maximum atomic E-state index is 13.7. The Morgan fingerprint density at radius 2 is 2.00 bits per heavy atom. The summed E-state index contributed by atoms with van der Waals surface area (Å²) in [6.07, 6.45) is 2.49. The number of rotatable bonds is 15. The number of amides is 3. The molecule has 4 heterocycles. The van der Waals surface area contributed by atoms with E-state index in [2.05, 4.69) is 31.1 Å². The summed E-state index contributed by atoms with van der Waals surface area (Å²) in [4.78, 5) is 70.5. The minimum Gasteiger partial charge on any atom is -0.431 e. The monoisotopic (exact) mass is 723 g/mol. The summed E-state index contributed by atoms with van der Waals surface area (Å²) < 4.78 is 17.8. The third-order valence-electron chi connectivity index (χ3n) is 7.62. The number of nitrogens with zero attached hydrogens (tertiary/aromatic N) is 7. The summed E-state index contributed by atoms with van der Waals surface area (Å²) in [5.74, 6) is -1.15. The van der Waals surface area contributed by atoms with Crippen molar-refractivity contribution in [3.05, 3.63) is 22.3 Å². The summed E-state index contributed by atoms with van der Waals surface area (Å²) in [5.41, 5.74) is 1.06. The summed E-state index contributed by atoms with van der Waals surface area (Å²) in [6.45, 7) is 2.67. The molecular formula is C28H37N9O8S3. The molecule has 2 aromatic heterocycles. The minimum atomic E-state index is -1.29. The van der Waals surface area contributed by atoms with Crippen molar-refractivity contribution in [2.45, 2.75) is 81.0 Å². The normalized spacial score (nSPS) is 20.1. The fraction of sp³-hybridized carbons (Fsp3) is 0.607. The van der Waals surface area contributed by atoms with Gasteiger partial charge >= 0.3 is 12.1 Å². The van der Waals surface area contributed by atoms with Crippen molar-refractivity contribution in [1.82, 2.24) is 40.3 Å². The zero-order valence-electron chi connectivity index (χ0n) is 26.7. The first-order valence-corrected chi connectivity index (χ1v) is 18.3. The number of aromatic nitrogens is 5. The van der Waals surface area contributed by atoms with Crippen LogP contribution in [0.1, 0.15) is 44.7 Å². The highest BCUT2D eigenvalue weighted by atomic mass is 32.2. The SMILES string of the molecule is CC(OC(=O)OC1CCCCC1)OC(=O)C1=C(CSc2nnnn2CCN(C)C)CS[C@@H]2[C@H](NC(=O)Cc3csc(NC=O)n3)C(=O)N12. The number of thiazole rings is 1. The molecule has 1 saturated heterocycles. The van der Waals surface area contributed by atoms with Crippen molar-refractivity contribution in [3.8, 4) is 0 Å². The summed E-state index contributed by atoms with van der Waals surface area (Å²) >= 11 is 3.88. The molecule has 0 radical (unpaired) electrons. The molecule has 3 amide bonds. The number of β-lactam (4-membered cyclic amide) rings is 1. The molecule has 2 aliphatic heterocycles. The molecule has 1 saturated carbocycles. The van der Waals surface area contributed by atoms with Crippen LogP contribution in [0.4, 0.5) is 9.93 Å². The van der Waals surface area contributed by atoms with E-state index < -0.39 is 41.6 Å². The van der Waals surface area contributed by atoms with Crippen LogP contribution in [-0.4, -0.2) is 121 Å². The second-order valence-electron chi connectivity index (χ2n) is 11.5. The van der Waals surface area contributed by atoms with Gasteiger partial charge in [-0.15, -0.1) is 28.2 Å². The summed E-state index contributed by atoms with van der Waals surface area (Å²) in [7, 11) is 3.88. The van der Waals surface area contributed by atoms with Crippen LogP contribution in [0.2, 0.25) is 0 Å². The number of likely N-dealkylation sites (N-methyl/N-ethyl adjacent to an activating group) is 1. The van der Waals surface area contributed by atoms with E-state index in [1.165, 1.54) is 46.7 Å². The Balaban J connectivity index is 1.27. The van der Waals surface area contributed by atoms with Gasteiger partial charge in [0.15, 0.2) is 5.13 Å². The molecule has 1 unspecified atom stereocenters. The average Bonchev–Trinajstić information content (AvgIpc) is 3.70. The van der Waals surface area contributed by atoms with Crippen LogP contribution < -0.4 is 10.6 Å². The van der Waals surface area contributed by atoms with Crippen LogP contribution in [0.3, 0.4) is 0 Å². The van der Waals surface area contributed by atoms with Gasteiger partial charge in [-0.3, -0.25) is 19.3 Å². The lowest BCUT2D eigenvalue weighted by atomic mass is 9.98. The highest BCUT2D eigenvalue weighted by molar-refractivity contribution is 8.01. The first kappa shape index (κ1) is 35.6. The zero-order chi connectivity index (χ0) is 34.2. The summed E-state index contributed by atoms with van der Waals surface area (Å²) in [6, 6.07) is -0.886. The lowest BCUT2D eigenvalue weighted by molar-refractivity contribution is -0.170. The third-order valence-corrected chi connectivity index (χ3v) is 10.8. The fourth-order valence-electron chi connectivity index (χ4n) is 5.28. The number of nitrogens with one attached hydrogen (secondary N) is 2. The van der Waals surface area contributed by atoms with E-state index in [0.717, 1.165) is 32.1 Å². The van der Waals surface area contributed by atoms with Crippen LogP contribution in [-0.2, 0) is 46.4 Å². The van der Waals surface area contributed by atoms with Gasteiger partial charge in [-0.1, -0.05) is 18.2 Å². The van der Waals surface area contributed by atoms with Crippen molar-refractivity contribution >= 4 is 70.3 Å². The van der Waals surface area contributed by atoms with Crippen LogP contribution in [0, 0.1) is 0 Å². The van der Waals surface area contributed by atoms with Crippen LogP contribution in [0.5, 0.6) is 0 Å². The largest absolute Gasteiger partial charge is 0.511 e. The zero-order valence-corrected chi connectivity index (χ0v) is 29.1. The van der Waals surface area contributed by atoms with E-state index in [9.17, 15) is 24.0 Å². The second kappa shape index (κ2) is 16.6. The van der Waals surface area contributed by atoms with Crippen LogP contribution >= 0.6 is 34.9 Å². The smallest absolute Gasteiger partial charge is 0.431 e. The molecule has 48 heavy (non-hydrogen) atoms. The predicted octanol–water partition coefficient (Wildman–Crippen LogP) is 1.62. The summed E-state index contributed by atoms with van der Waals surface area (Å²) in [5, 5.41) is 19.1. The molecule has 2 aromatic rings. The maximum Gasteiger partial charge on any atom is 0.511 e. The van der Waals surface area contributed by atoms with Crippen molar-refractivity contribution in [3.63, 3.8) is 0 Å². The molecule has 2 fully saturated rings. The van der Waals surface area contributed by atoms with Gasteiger partial charge < -0.3 is 29.7 Å². The van der Waals surface area contributed by atoms with Crippen LogP contribution in [0.15, 0.2) is 21.8 Å². The van der Waals surface area contributed by atoms with E-state index in [4.69, 9.17) is 14.2 Å². The fourth-order valence-corrected chi connectivity index (χ4v) is 8.33. The Morgan fingerprint density at radius 3 is 2.75 bits per heavy atom. The first-order chi connectivity index (χ1) is 23.1. The Bertz CT molecular complexity index is 1530. The van der Waals surface area contributed by atoms with Gasteiger partial charge in [-0.25, -0.2) is 19.3 Å². The molecule has 0 bridgehead atoms. The maximum absolute atomic E-state index is 13.7. The lowest BCUT2D eigenvalue weighted by Gasteiger charge is -2.49. The van der Waals surface area contributed by atoms with E-state index >= 15 is 0 Å². The van der Waals surface area contributed by atoms with Gasteiger partial charge in [0.1, 0.15) is 23.2 Å². The lowest BCUT2D eigenvalue weighted by Crippen LogP contribution is -2.70. The molecule has 17 nitrogen and oxygen atoms in total. The van der Waals surface area contributed by atoms with Gasteiger partial charge in [0.2, 0.25) is 23.8 Å². The van der Waals surface area contributed by atoms with E-state index in [1.54, 1.807) is 10.1 Å². The Hall–Kier alpha value is -3.75. The number of esters is 1. The Kier molecular flexibility index (Phi) is 12.3. The number of tetrazole rings is 1. The van der Waals surface area contributed by atoms with Gasteiger partial charge in [0, 0.05) is 30.4 Å². The predicted molar refractivity (Wildman–Crippen MR) is 175 cm³/mol. The molecule has 0 spiro atoms. The minimum absolute atomic E-state index is 0.0224. The second-order valence-corrected chi connectivity index (χ2v) is 14.4. The molecule has 1 aliphatic carbocycles. The molecular weight excluding hydrogens is 687 g/mol. The quantitative estimate of drug-likeness (QED) is 0.0883. The van der Waals surface area contributed by atoms with E-state index in [-0.39, 0.29) is 24.0 Å². The molecule has 20 heteroatoms. The Labute approximate surface area is 288 Å². The molecule has 0 aromatic carbocycles. The highest BCUT2D eigenvalue weighted by Gasteiger charge is 2.54. The number of carbonyl (C=O) groups is 5. The number of carbonyl (C=O) groups excluding carboxylic acids is 5. The number of thioether (sulfide) groups is 2. The number of hydrogen-bond donors (Lipinski definition) is 2. The van der Waals surface area contributed by atoms with E-state index in [1.807, 2.05) is 19.0 Å². The topological polar surface area (TPSA) is 200 Å². The average molecular weight is 724 g/mol. The van der Waals surface area contributed by atoms with E-state index in [0.29, 0.717) is 46.8 Å². The Morgan fingerprint density at radius 1 is 1.21 bits per heavy atom. The molecule has 260 valence electrons. The van der Waals surface area contributed by atoms with Crippen molar-refractivity contribution < 1.29 is 38.2 Å². The number of anilines is 1. The number of hydrogen-bond acceptors (Lipinski definition) is 16. The molecule has 3 aliphatic rings. The molecule has 5 rings (SSSR count). The van der Waals surface area contributed by atoms with Crippen LogP contribution in [0.25, 0.3) is 0 Å². The highest BCUT2D eigenvalue weighted by Crippen LogP contribution is 2.42. The van der Waals surface area contributed by atoms with Gasteiger partial charge in [0.05, 0.1) is 18.7 Å². The van der Waals surface area contributed by atoms with Gasteiger partial charge in [0.25, 0.3) is 5.91 Å². The van der Waals surface area contributed by atoms with Crippen molar-refractivity contribution in [2.24, 2.45) is 0 Å². The van der Waals surface area contributed by atoms with Gasteiger partial charge in [-0.05, 0) is 55.8 Å². The van der Waals surface area contributed by atoms with Crippen molar-refractivity contribution in [2.75, 3.05) is 37.5 Å². The van der Waals surface area contributed by atoms with Gasteiger partial charge in [-0.2, -0.15) is 0 Å².